The van der Waals surface area contributed by atoms with Crippen molar-refractivity contribution in [1.29, 1.82) is 0 Å². The molecule has 198 valence electrons. The summed E-state index contributed by atoms with van der Waals surface area (Å²) in [4.78, 5) is 27.6. The third kappa shape index (κ3) is 9.86. The summed E-state index contributed by atoms with van der Waals surface area (Å²) in [5.74, 6) is -1.22. The van der Waals surface area contributed by atoms with Crippen LogP contribution in [-0.2, 0) is 14.3 Å². The number of carbonyl (C=O) groups excluding carboxylic acids is 2. The average Bonchev–Trinajstić information content (AvgIpc) is 3.30. The quantitative estimate of drug-likeness (QED) is 0.0868. The van der Waals surface area contributed by atoms with Crippen LogP contribution in [-0.4, -0.2) is 11.9 Å². The number of ether oxygens (including phenoxy) is 1. The van der Waals surface area contributed by atoms with Crippen molar-refractivity contribution in [3.05, 3.63) is 32.5 Å². The average molecular weight is 503 g/mol. The zero-order valence-electron chi connectivity index (χ0n) is 23.2. The van der Waals surface area contributed by atoms with Gasteiger partial charge < -0.3 is 4.74 Å². The third-order valence-electron chi connectivity index (χ3n) is 7.52. The summed E-state index contributed by atoms with van der Waals surface area (Å²) in [6.07, 6.45) is 21.1. The normalized spacial score (nSPS) is 16.7. The van der Waals surface area contributed by atoms with E-state index in [2.05, 4.69) is 26.8 Å². The van der Waals surface area contributed by atoms with E-state index in [0.717, 1.165) is 18.4 Å². The molecular weight excluding hydrogens is 452 g/mol. The molecule has 1 aromatic heterocycles. The summed E-state index contributed by atoms with van der Waals surface area (Å²) in [7, 11) is 0. The Morgan fingerprint density at radius 3 is 1.74 bits per heavy atom. The number of carbonyl (C=O) groups is 2. The lowest BCUT2D eigenvalue weighted by atomic mass is 9.78. The van der Waals surface area contributed by atoms with Crippen LogP contribution in [0.15, 0.2) is 17.2 Å². The van der Waals surface area contributed by atoms with Crippen LogP contribution >= 0.6 is 11.3 Å². The van der Waals surface area contributed by atoms with Crippen molar-refractivity contribution < 1.29 is 14.3 Å². The molecule has 2 rings (SSSR count). The number of esters is 2. The lowest BCUT2D eigenvalue weighted by Crippen LogP contribution is -2.20. The highest BCUT2D eigenvalue weighted by Gasteiger charge is 2.45. The van der Waals surface area contributed by atoms with E-state index in [-0.39, 0.29) is 11.9 Å². The summed E-state index contributed by atoms with van der Waals surface area (Å²) >= 11 is 1.78. The van der Waals surface area contributed by atoms with Crippen LogP contribution in [0.1, 0.15) is 145 Å². The van der Waals surface area contributed by atoms with E-state index >= 15 is 0 Å². The molecule has 0 spiro atoms. The van der Waals surface area contributed by atoms with Crippen molar-refractivity contribution >= 4 is 23.3 Å². The molecule has 0 saturated carbocycles. The fourth-order valence-electron chi connectivity index (χ4n) is 5.59. The Hall–Kier alpha value is -1.42. The molecule has 2 unspecified atom stereocenters. The molecule has 1 saturated heterocycles. The smallest absolute Gasteiger partial charge is 0.342 e. The van der Waals surface area contributed by atoms with Gasteiger partial charge in [-0.25, -0.2) is 4.79 Å². The fourth-order valence-corrected chi connectivity index (χ4v) is 6.59. The first-order valence-electron chi connectivity index (χ1n) is 14.4. The van der Waals surface area contributed by atoms with Gasteiger partial charge >= 0.3 is 11.9 Å². The van der Waals surface area contributed by atoms with Crippen LogP contribution in [0.25, 0.3) is 0 Å². The molecule has 35 heavy (non-hydrogen) atoms. The highest BCUT2D eigenvalue weighted by molar-refractivity contribution is 7.12. The summed E-state index contributed by atoms with van der Waals surface area (Å²) in [5.41, 5.74) is 2.72. The number of allylic oxidation sites excluding steroid dienone is 1. The van der Waals surface area contributed by atoms with Gasteiger partial charge in [-0.2, -0.15) is 0 Å². The van der Waals surface area contributed by atoms with Gasteiger partial charge in [-0.05, 0) is 45.7 Å². The Morgan fingerprint density at radius 2 is 1.31 bits per heavy atom. The molecule has 0 aliphatic carbocycles. The van der Waals surface area contributed by atoms with Gasteiger partial charge in [0, 0.05) is 15.7 Å². The summed E-state index contributed by atoms with van der Waals surface area (Å²) < 4.78 is 5.09. The van der Waals surface area contributed by atoms with Crippen LogP contribution in [0.3, 0.4) is 0 Å². The first-order valence-corrected chi connectivity index (χ1v) is 15.2. The van der Waals surface area contributed by atoms with Crippen LogP contribution in [0.5, 0.6) is 0 Å². The Morgan fingerprint density at radius 1 is 0.829 bits per heavy atom. The Balaban J connectivity index is 1.71. The Bertz CT molecular complexity index is 815. The van der Waals surface area contributed by atoms with Gasteiger partial charge in [0.05, 0.1) is 11.5 Å². The van der Waals surface area contributed by atoms with Crippen molar-refractivity contribution in [1.82, 2.24) is 0 Å². The molecule has 1 aromatic rings. The topological polar surface area (TPSA) is 43.4 Å². The number of thiophene rings is 1. The van der Waals surface area contributed by atoms with Crippen molar-refractivity contribution in [3.8, 4) is 0 Å². The largest absolute Gasteiger partial charge is 0.389 e. The minimum Gasteiger partial charge on any atom is -0.389 e. The number of hydrogen-bond donors (Lipinski definition) is 0. The maximum absolute atomic E-state index is 12.7. The molecule has 0 radical (unpaired) electrons. The first-order chi connectivity index (χ1) is 16.9. The van der Waals surface area contributed by atoms with Gasteiger partial charge in [0.25, 0.3) is 0 Å². The zero-order chi connectivity index (χ0) is 25.6. The second-order valence-electron chi connectivity index (χ2n) is 10.8. The van der Waals surface area contributed by atoms with Gasteiger partial charge in [0.1, 0.15) is 0 Å². The molecule has 1 aliphatic heterocycles. The van der Waals surface area contributed by atoms with Crippen LogP contribution in [0.2, 0.25) is 0 Å². The first kappa shape index (κ1) is 29.8. The molecule has 2 atom stereocenters. The van der Waals surface area contributed by atoms with Crippen molar-refractivity contribution in [2.45, 2.75) is 143 Å². The summed E-state index contributed by atoms with van der Waals surface area (Å²) in [6, 6.07) is 2.22. The van der Waals surface area contributed by atoms with Crippen molar-refractivity contribution in [2.24, 2.45) is 5.92 Å². The zero-order valence-corrected chi connectivity index (χ0v) is 24.0. The predicted molar refractivity (Wildman–Crippen MR) is 149 cm³/mol. The van der Waals surface area contributed by atoms with Gasteiger partial charge in [-0.15, -0.1) is 11.3 Å². The van der Waals surface area contributed by atoms with Crippen LogP contribution in [0, 0.1) is 19.8 Å². The highest BCUT2D eigenvalue weighted by Crippen LogP contribution is 2.43. The predicted octanol–water partition coefficient (Wildman–Crippen LogP) is 9.75. The van der Waals surface area contributed by atoms with Gasteiger partial charge in [-0.1, -0.05) is 109 Å². The van der Waals surface area contributed by atoms with Gasteiger partial charge in [-0.3, -0.25) is 4.79 Å². The maximum Gasteiger partial charge on any atom is 0.342 e. The number of cyclic esters (lactones) is 2. The van der Waals surface area contributed by atoms with Crippen LogP contribution < -0.4 is 0 Å². The molecule has 0 N–H and O–H groups in total. The number of aryl methyl sites for hydroxylation is 2. The standard InChI is InChI=1S/C31H50O3S/c1-6-7-8-9-10-11-12-13-14-15-16-17-18-19-20-21-26(27-22-24(4)35-25(27)5)29-28(23(2)3)30(32)34-31(29)33/h22,26,29H,6-21H2,1-5H3. The van der Waals surface area contributed by atoms with E-state index in [1.54, 1.807) is 11.3 Å². The number of unbranched alkanes of at least 4 members (excludes halogenated alkanes) is 14. The minimum atomic E-state index is -0.452. The van der Waals surface area contributed by atoms with E-state index in [9.17, 15) is 9.59 Å². The van der Waals surface area contributed by atoms with E-state index in [1.165, 1.54) is 105 Å². The molecule has 0 amide bonds. The molecule has 1 aliphatic rings. The lowest BCUT2D eigenvalue weighted by molar-refractivity contribution is -0.152. The van der Waals surface area contributed by atoms with Crippen molar-refractivity contribution in [2.75, 3.05) is 0 Å². The van der Waals surface area contributed by atoms with E-state index in [1.807, 2.05) is 13.8 Å². The fraction of sp³-hybridized carbons (Fsp3) is 0.742. The number of rotatable bonds is 18. The summed E-state index contributed by atoms with van der Waals surface area (Å²) in [6.45, 7) is 10.4. The SMILES string of the molecule is CCCCCCCCCCCCCCCCCC(c1cc(C)sc1C)C1C(=O)OC(=O)C1=C(C)C. The second-order valence-corrected chi connectivity index (χ2v) is 12.3. The molecular formula is C31H50O3S. The van der Waals surface area contributed by atoms with E-state index < -0.39 is 11.9 Å². The molecule has 0 bridgehead atoms. The molecule has 3 nitrogen and oxygen atoms in total. The van der Waals surface area contributed by atoms with Crippen LogP contribution in [0.4, 0.5) is 0 Å². The lowest BCUT2D eigenvalue weighted by Gasteiger charge is -2.22. The number of hydrogen-bond acceptors (Lipinski definition) is 4. The molecule has 2 heterocycles. The summed E-state index contributed by atoms with van der Waals surface area (Å²) in [5, 5.41) is 0. The Labute approximate surface area is 219 Å². The monoisotopic (exact) mass is 502 g/mol. The Kier molecular flexibility index (Phi) is 13.9. The molecule has 0 aromatic carbocycles. The van der Waals surface area contributed by atoms with Gasteiger partial charge in [0.2, 0.25) is 0 Å². The molecule has 1 fully saturated rings. The van der Waals surface area contributed by atoms with E-state index in [0.29, 0.717) is 5.57 Å². The maximum atomic E-state index is 12.7. The second kappa shape index (κ2) is 16.3. The van der Waals surface area contributed by atoms with E-state index in [4.69, 9.17) is 4.74 Å². The minimum absolute atomic E-state index is 0.0331. The third-order valence-corrected chi connectivity index (χ3v) is 8.50. The van der Waals surface area contributed by atoms with Crippen molar-refractivity contribution in [3.63, 3.8) is 0 Å². The molecule has 4 heteroatoms. The van der Waals surface area contributed by atoms with Gasteiger partial charge in [0.15, 0.2) is 0 Å². The highest BCUT2D eigenvalue weighted by atomic mass is 32.1.